The number of fused-ring (bicyclic) bond motifs is 1. The van der Waals surface area contributed by atoms with Gasteiger partial charge in [-0.15, -0.1) is 0 Å². The van der Waals surface area contributed by atoms with Crippen LogP contribution >= 0.6 is 0 Å². The van der Waals surface area contributed by atoms with E-state index < -0.39 is 5.91 Å². The number of hydrogen-bond acceptors (Lipinski definition) is 4. The molecule has 126 valence electrons. The Bertz CT molecular complexity index is 861. The molecule has 0 saturated heterocycles. The van der Waals surface area contributed by atoms with Gasteiger partial charge < -0.3 is 10.5 Å². The maximum Gasteiger partial charge on any atom is 0.261 e. The number of imide groups is 1. The molecule has 3 rings (SSSR count). The monoisotopic (exact) mass is 334 g/mol. The molecule has 3 N–H and O–H groups in total. The number of unbranched alkanes of at least 4 members (excludes halogenated alkanes) is 1. The Hall–Kier alpha value is -3.10. The van der Waals surface area contributed by atoms with Crippen LogP contribution in [0.5, 0.6) is 11.5 Å². The third-order valence-electron chi connectivity index (χ3n) is 3.76. The van der Waals surface area contributed by atoms with Crippen molar-refractivity contribution in [1.29, 1.82) is 0 Å². The number of amides is 2. The summed E-state index contributed by atoms with van der Waals surface area (Å²) < 4.78 is 5.84. The van der Waals surface area contributed by atoms with E-state index in [2.05, 4.69) is 17.2 Å². The Labute approximate surface area is 146 Å². The topological polar surface area (TPSA) is 81.4 Å². The van der Waals surface area contributed by atoms with E-state index in [0.717, 1.165) is 18.4 Å². The lowest BCUT2D eigenvalue weighted by Gasteiger charge is -2.18. The highest BCUT2D eigenvalue weighted by Gasteiger charge is 2.25. The zero-order chi connectivity index (χ0) is 17.6. The van der Waals surface area contributed by atoms with Gasteiger partial charge in [-0.25, -0.2) is 0 Å². The largest absolute Gasteiger partial charge is 0.457 e. The predicted octanol–water partition coefficient (Wildman–Crippen LogP) is 2.38. The van der Waals surface area contributed by atoms with Gasteiger partial charge in [0.05, 0.1) is 12.0 Å². The number of carbonyl (C=O) groups excluding carboxylic acids is 2. The van der Waals surface area contributed by atoms with Crippen LogP contribution in [0.15, 0.2) is 42.5 Å². The van der Waals surface area contributed by atoms with Gasteiger partial charge in [0.2, 0.25) is 5.91 Å². The van der Waals surface area contributed by atoms with Crippen molar-refractivity contribution in [3.63, 3.8) is 0 Å². The highest BCUT2D eigenvalue weighted by Crippen LogP contribution is 2.29. The maximum atomic E-state index is 12.1. The molecule has 25 heavy (non-hydrogen) atoms. The summed E-state index contributed by atoms with van der Waals surface area (Å²) in [4.78, 5) is 23.6. The molecule has 0 aromatic heterocycles. The van der Waals surface area contributed by atoms with Gasteiger partial charge in [0, 0.05) is 12.0 Å². The van der Waals surface area contributed by atoms with Gasteiger partial charge in [-0.3, -0.25) is 14.9 Å². The molecule has 1 aliphatic heterocycles. The van der Waals surface area contributed by atoms with Crippen molar-refractivity contribution < 1.29 is 14.3 Å². The average Bonchev–Trinajstić information content (AvgIpc) is 2.60. The molecule has 2 amide bonds. The number of hydrogen-bond donors (Lipinski definition) is 2. The fourth-order valence-corrected chi connectivity index (χ4v) is 2.56. The molecule has 0 unspecified atom stereocenters. The molecule has 5 nitrogen and oxygen atoms in total. The van der Waals surface area contributed by atoms with Crippen molar-refractivity contribution >= 4 is 11.8 Å². The van der Waals surface area contributed by atoms with E-state index in [1.165, 1.54) is 0 Å². The number of carbonyl (C=O) groups is 2. The van der Waals surface area contributed by atoms with E-state index in [4.69, 9.17) is 10.5 Å². The fraction of sp³-hybridized carbons (Fsp3) is 0.200. The molecule has 0 radical (unpaired) electrons. The Balaban J connectivity index is 1.77. The molecule has 1 heterocycles. The first kappa shape index (κ1) is 16.7. The normalized spacial score (nSPS) is 12.7. The van der Waals surface area contributed by atoms with Crippen LogP contribution in [0.25, 0.3) is 0 Å². The minimum absolute atomic E-state index is 0.176. The number of nitrogens with two attached hydrogens (primary N) is 1. The van der Waals surface area contributed by atoms with E-state index in [1.54, 1.807) is 30.3 Å². The first-order valence-electron chi connectivity index (χ1n) is 8.10. The smallest absolute Gasteiger partial charge is 0.261 e. The van der Waals surface area contributed by atoms with Crippen molar-refractivity contribution in [3.05, 3.63) is 59.2 Å². The standard InChI is InChI=1S/C20H18N2O3/c21-12-3-1-2-5-14-8-10-16(11-9-14)25-17-7-4-6-15-13-18(23)22-20(24)19(15)17/h4,6-11H,1,3,12-13,21H2,(H,22,23,24). The number of benzene rings is 2. The summed E-state index contributed by atoms with van der Waals surface area (Å²) in [5.74, 6) is 6.45. The summed E-state index contributed by atoms with van der Waals surface area (Å²) in [6.45, 7) is 0.641. The third kappa shape index (κ3) is 4.06. The highest BCUT2D eigenvalue weighted by atomic mass is 16.5. The lowest BCUT2D eigenvalue weighted by Crippen LogP contribution is -2.37. The predicted molar refractivity (Wildman–Crippen MR) is 94.3 cm³/mol. The van der Waals surface area contributed by atoms with Gasteiger partial charge in [0.1, 0.15) is 11.5 Å². The molecule has 0 fully saturated rings. The Morgan fingerprint density at radius 2 is 1.92 bits per heavy atom. The van der Waals surface area contributed by atoms with Crippen molar-refractivity contribution in [2.45, 2.75) is 19.3 Å². The Kier molecular flexibility index (Phi) is 5.12. The zero-order valence-electron chi connectivity index (χ0n) is 13.7. The lowest BCUT2D eigenvalue weighted by atomic mass is 9.99. The molecule has 2 aromatic carbocycles. The maximum absolute atomic E-state index is 12.1. The summed E-state index contributed by atoms with van der Waals surface area (Å²) in [7, 11) is 0. The van der Waals surface area contributed by atoms with Crippen molar-refractivity contribution in [3.8, 4) is 23.3 Å². The molecule has 2 aromatic rings. The third-order valence-corrected chi connectivity index (χ3v) is 3.76. The molecule has 1 aliphatic rings. The van der Waals surface area contributed by atoms with Gasteiger partial charge in [-0.2, -0.15) is 0 Å². The molecule has 0 spiro atoms. The minimum Gasteiger partial charge on any atom is -0.457 e. The SMILES string of the molecule is NCCCC#Cc1ccc(Oc2cccc3c2C(=O)NC(=O)C3)cc1. The van der Waals surface area contributed by atoms with Crippen molar-refractivity contribution in [1.82, 2.24) is 5.32 Å². The van der Waals surface area contributed by atoms with Crippen molar-refractivity contribution in [2.24, 2.45) is 5.73 Å². The van der Waals surface area contributed by atoms with Gasteiger partial charge >= 0.3 is 0 Å². The lowest BCUT2D eigenvalue weighted by molar-refractivity contribution is -0.119. The van der Waals surface area contributed by atoms with Crippen LogP contribution in [0, 0.1) is 11.8 Å². The molecule has 0 aliphatic carbocycles. The minimum atomic E-state index is -0.427. The summed E-state index contributed by atoms with van der Waals surface area (Å²) in [6.07, 6.45) is 1.84. The number of ether oxygens (including phenoxy) is 1. The first-order valence-corrected chi connectivity index (χ1v) is 8.10. The molecular formula is C20H18N2O3. The van der Waals surface area contributed by atoms with Gasteiger partial charge in [0.25, 0.3) is 5.91 Å². The first-order chi connectivity index (χ1) is 12.2. The van der Waals surface area contributed by atoms with Crippen LogP contribution < -0.4 is 15.8 Å². The van der Waals surface area contributed by atoms with Crippen LogP contribution in [0.1, 0.15) is 34.3 Å². The zero-order valence-corrected chi connectivity index (χ0v) is 13.7. The molecule has 5 heteroatoms. The second-order valence-corrected chi connectivity index (χ2v) is 5.66. The molecular weight excluding hydrogens is 316 g/mol. The van der Waals surface area contributed by atoms with Crippen LogP contribution in [0.3, 0.4) is 0 Å². The number of nitrogens with one attached hydrogen (secondary N) is 1. The van der Waals surface area contributed by atoms with E-state index in [0.29, 0.717) is 29.2 Å². The highest BCUT2D eigenvalue weighted by molar-refractivity contribution is 6.11. The van der Waals surface area contributed by atoms with Crippen LogP contribution in [-0.4, -0.2) is 18.4 Å². The van der Waals surface area contributed by atoms with Crippen LogP contribution in [-0.2, 0) is 11.2 Å². The Morgan fingerprint density at radius 3 is 2.68 bits per heavy atom. The van der Waals surface area contributed by atoms with E-state index in [-0.39, 0.29) is 12.3 Å². The van der Waals surface area contributed by atoms with E-state index >= 15 is 0 Å². The van der Waals surface area contributed by atoms with Gasteiger partial charge in [-0.05, 0) is 48.9 Å². The van der Waals surface area contributed by atoms with Crippen LogP contribution in [0.4, 0.5) is 0 Å². The van der Waals surface area contributed by atoms with Crippen molar-refractivity contribution in [2.75, 3.05) is 6.54 Å². The summed E-state index contributed by atoms with van der Waals surface area (Å²) in [5, 5.41) is 2.32. The quantitative estimate of drug-likeness (QED) is 0.511. The molecule has 0 saturated carbocycles. The average molecular weight is 334 g/mol. The molecule has 0 atom stereocenters. The second kappa shape index (κ2) is 7.65. The summed E-state index contributed by atoms with van der Waals surface area (Å²) in [6, 6.07) is 12.6. The fourth-order valence-electron chi connectivity index (χ4n) is 2.56. The number of rotatable bonds is 4. The Morgan fingerprint density at radius 1 is 1.12 bits per heavy atom. The van der Waals surface area contributed by atoms with Crippen LogP contribution in [0.2, 0.25) is 0 Å². The van der Waals surface area contributed by atoms with E-state index in [1.807, 2.05) is 12.1 Å². The van der Waals surface area contributed by atoms with E-state index in [9.17, 15) is 9.59 Å². The van der Waals surface area contributed by atoms with Gasteiger partial charge in [-0.1, -0.05) is 24.0 Å². The second-order valence-electron chi connectivity index (χ2n) is 5.66. The summed E-state index contributed by atoms with van der Waals surface area (Å²) >= 11 is 0. The molecule has 0 bridgehead atoms. The van der Waals surface area contributed by atoms with Gasteiger partial charge in [0.15, 0.2) is 0 Å². The summed E-state index contributed by atoms with van der Waals surface area (Å²) in [5.41, 5.74) is 7.41.